The van der Waals surface area contributed by atoms with Crippen LogP contribution in [0.4, 0.5) is 5.69 Å². The number of nitrogens with two attached hydrogens (primary N) is 1. The van der Waals surface area contributed by atoms with Crippen molar-refractivity contribution in [2.75, 3.05) is 12.4 Å². The van der Waals surface area contributed by atoms with Gasteiger partial charge >= 0.3 is 0 Å². The molecule has 1 amide bonds. The number of methoxy groups -OCH3 is 1. The van der Waals surface area contributed by atoms with Crippen molar-refractivity contribution in [3.63, 3.8) is 0 Å². The average molecular weight is 502 g/mol. The van der Waals surface area contributed by atoms with E-state index < -0.39 is 15.9 Å². The first-order chi connectivity index (χ1) is 14.6. The summed E-state index contributed by atoms with van der Waals surface area (Å²) in [6, 6.07) is 13.0. The van der Waals surface area contributed by atoms with Crippen molar-refractivity contribution in [2.24, 2.45) is 5.14 Å². The summed E-state index contributed by atoms with van der Waals surface area (Å²) in [5.41, 5.74) is 0.324. The van der Waals surface area contributed by atoms with Crippen LogP contribution in [-0.2, 0) is 10.0 Å². The highest BCUT2D eigenvalue weighted by Crippen LogP contribution is 2.35. The maximum Gasteiger partial charge on any atom is 0.259 e. The van der Waals surface area contributed by atoms with Crippen molar-refractivity contribution in [1.82, 2.24) is 0 Å². The van der Waals surface area contributed by atoms with Crippen LogP contribution in [0.3, 0.4) is 0 Å². The number of hydrogen-bond donors (Lipinski definition) is 2. The molecule has 0 radical (unpaired) electrons. The lowest BCUT2D eigenvalue weighted by Crippen LogP contribution is -2.15. The zero-order valence-corrected chi connectivity index (χ0v) is 18.9. The molecule has 0 heterocycles. The summed E-state index contributed by atoms with van der Waals surface area (Å²) >= 11 is 18.4. The van der Waals surface area contributed by atoms with Gasteiger partial charge in [0.2, 0.25) is 10.0 Å². The van der Waals surface area contributed by atoms with E-state index in [1.165, 1.54) is 37.4 Å². The highest BCUT2D eigenvalue weighted by molar-refractivity contribution is 7.89. The molecule has 11 heteroatoms. The van der Waals surface area contributed by atoms with Gasteiger partial charge in [-0.2, -0.15) is 0 Å². The Labute approximate surface area is 193 Å². The summed E-state index contributed by atoms with van der Waals surface area (Å²) in [7, 11) is -2.43. The first-order valence-electron chi connectivity index (χ1n) is 8.53. The summed E-state index contributed by atoms with van der Waals surface area (Å²) in [6.45, 7) is 0. The Hall–Kier alpha value is -2.49. The number of amides is 1. The smallest absolute Gasteiger partial charge is 0.259 e. The van der Waals surface area contributed by atoms with Crippen LogP contribution < -0.4 is 19.9 Å². The molecule has 3 N–H and O–H groups in total. The van der Waals surface area contributed by atoms with Gasteiger partial charge < -0.3 is 14.8 Å². The molecule has 162 valence electrons. The molecule has 0 spiro atoms. The molecule has 3 aromatic carbocycles. The summed E-state index contributed by atoms with van der Waals surface area (Å²) in [5, 5.41) is 8.29. The summed E-state index contributed by atoms with van der Waals surface area (Å²) < 4.78 is 33.8. The topological polar surface area (TPSA) is 108 Å². The molecule has 0 unspecified atom stereocenters. The van der Waals surface area contributed by atoms with Gasteiger partial charge in [-0.3, -0.25) is 4.79 Å². The molecule has 3 rings (SSSR count). The van der Waals surface area contributed by atoms with Crippen LogP contribution >= 0.6 is 34.8 Å². The van der Waals surface area contributed by atoms with Gasteiger partial charge in [0.25, 0.3) is 5.91 Å². The molecule has 0 aliphatic heterocycles. The Bertz CT molecular complexity index is 1270. The molecule has 3 aromatic rings. The fourth-order valence-corrected chi connectivity index (χ4v) is 3.75. The number of hydrogen-bond acceptors (Lipinski definition) is 5. The van der Waals surface area contributed by atoms with Crippen LogP contribution in [-0.4, -0.2) is 21.4 Å². The molecule has 0 aliphatic rings. The number of rotatable bonds is 6. The van der Waals surface area contributed by atoms with Crippen LogP contribution in [0, 0.1) is 0 Å². The third-order valence-electron chi connectivity index (χ3n) is 4.06. The van der Waals surface area contributed by atoms with E-state index in [1.807, 2.05) is 0 Å². The third kappa shape index (κ3) is 5.61. The monoisotopic (exact) mass is 500 g/mol. The van der Waals surface area contributed by atoms with Gasteiger partial charge in [-0.05, 0) is 42.5 Å². The molecule has 0 fully saturated rings. The third-order valence-corrected chi connectivity index (χ3v) is 5.82. The predicted octanol–water partition coefficient (Wildman–Crippen LogP) is 5.35. The molecular weight excluding hydrogens is 487 g/mol. The fourth-order valence-electron chi connectivity index (χ4n) is 2.54. The lowest BCUT2D eigenvalue weighted by Gasteiger charge is -2.14. The van der Waals surface area contributed by atoms with Crippen LogP contribution in [0.2, 0.25) is 15.1 Å². The van der Waals surface area contributed by atoms with E-state index in [0.29, 0.717) is 10.8 Å². The minimum absolute atomic E-state index is 0.00509. The number of benzene rings is 3. The zero-order chi connectivity index (χ0) is 22.8. The highest BCUT2D eigenvalue weighted by atomic mass is 35.5. The Morgan fingerprint density at radius 1 is 0.935 bits per heavy atom. The highest BCUT2D eigenvalue weighted by Gasteiger charge is 2.18. The molecule has 31 heavy (non-hydrogen) atoms. The Morgan fingerprint density at radius 2 is 1.68 bits per heavy atom. The van der Waals surface area contributed by atoms with Crippen molar-refractivity contribution < 1.29 is 22.7 Å². The van der Waals surface area contributed by atoms with Crippen molar-refractivity contribution in [3.8, 4) is 17.2 Å². The summed E-state index contributed by atoms with van der Waals surface area (Å²) in [6.07, 6.45) is 0. The van der Waals surface area contributed by atoms with Crippen LogP contribution in [0.15, 0.2) is 59.5 Å². The van der Waals surface area contributed by atoms with Crippen molar-refractivity contribution in [3.05, 3.63) is 75.2 Å². The molecule has 0 atom stereocenters. The molecule has 0 bridgehead atoms. The first-order valence-corrected chi connectivity index (χ1v) is 11.2. The Balaban J connectivity index is 1.90. The van der Waals surface area contributed by atoms with Gasteiger partial charge in [-0.25, -0.2) is 13.6 Å². The van der Waals surface area contributed by atoms with Gasteiger partial charge in [0, 0.05) is 17.2 Å². The number of carbonyl (C=O) groups is 1. The van der Waals surface area contributed by atoms with Crippen molar-refractivity contribution in [2.45, 2.75) is 4.90 Å². The predicted molar refractivity (Wildman–Crippen MR) is 120 cm³/mol. The number of primary sulfonamides is 1. The van der Waals surface area contributed by atoms with Crippen LogP contribution in [0.1, 0.15) is 10.4 Å². The number of nitrogens with one attached hydrogen (secondary N) is 1. The maximum atomic E-state index is 12.9. The molecule has 0 saturated heterocycles. The van der Waals surface area contributed by atoms with Crippen molar-refractivity contribution >= 4 is 56.4 Å². The lowest BCUT2D eigenvalue weighted by atomic mass is 10.1. The van der Waals surface area contributed by atoms with E-state index in [0.717, 1.165) is 6.07 Å². The molecule has 0 aromatic heterocycles. The first kappa shape index (κ1) is 23.2. The summed E-state index contributed by atoms with van der Waals surface area (Å²) in [4.78, 5) is 12.7. The van der Waals surface area contributed by atoms with Gasteiger partial charge in [-0.15, -0.1) is 0 Å². The number of carbonyl (C=O) groups excluding carboxylic acids is 1. The second-order valence-corrected chi connectivity index (χ2v) is 8.99. The zero-order valence-electron chi connectivity index (χ0n) is 15.9. The molecule has 0 aliphatic carbocycles. The minimum Gasteiger partial charge on any atom is -0.497 e. The maximum absolute atomic E-state index is 12.9. The van der Waals surface area contributed by atoms with Gasteiger partial charge in [-0.1, -0.05) is 34.8 Å². The standard InChI is InChI=1S/C20H15Cl3N2O5S/c1-29-12-3-7-18(16(23)9-12)30-19-8-11(21)2-5-14(19)20(26)25-17-6-4-13(10-15(17)22)31(24,27)28/h2-10H,1H3,(H,25,26)(H2,24,27,28). The van der Waals surface area contributed by atoms with E-state index in [9.17, 15) is 13.2 Å². The van der Waals surface area contributed by atoms with E-state index in [4.69, 9.17) is 49.4 Å². The quantitative estimate of drug-likeness (QED) is 0.473. The van der Waals surface area contributed by atoms with Gasteiger partial charge in [0.05, 0.1) is 33.3 Å². The van der Waals surface area contributed by atoms with E-state index in [2.05, 4.69) is 5.32 Å². The van der Waals surface area contributed by atoms with Crippen LogP contribution in [0.5, 0.6) is 17.2 Å². The van der Waals surface area contributed by atoms with E-state index in [-0.39, 0.29) is 37.7 Å². The Kier molecular flexibility index (Phi) is 6.98. The molecule has 7 nitrogen and oxygen atoms in total. The minimum atomic E-state index is -3.93. The number of halogens is 3. The summed E-state index contributed by atoms with van der Waals surface area (Å²) in [5.74, 6) is 0.407. The fraction of sp³-hybridized carbons (Fsp3) is 0.0500. The Morgan fingerprint density at radius 3 is 2.29 bits per heavy atom. The SMILES string of the molecule is COc1ccc(Oc2cc(Cl)ccc2C(=O)Nc2ccc(S(N)(=O)=O)cc2Cl)c(Cl)c1. The second kappa shape index (κ2) is 9.33. The second-order valence-electron chi connectivity index (χ2n) is 6.18. The van der Waals surface area contributed by atoms with E-state index in [1.54, 1.807) is 18.2 Å². The number of anilines is 1. The van der Waals surface area contributed by atoms with Crippen molar-refractivity contribution in [1.29, 1.82) is 0 Å². The lowest BCUT2D eigenvalue weighted by molar-refractivity contribution is 0.102. The average Bonchev–Trinajstić information content (AvgIpc) is 2.70. The largest absolute Gasteiger partial charge is 0.497 e. The normalized spacial score (nSPS) is 11.1. The van der Waals surface area contributed by atoms with Crippen LogP contribution in [0.25, 0.3) is 0 Å². The molecule has 0 saturated carbocycles. The number of sulfonamides is 1. The molecular formula is C20H15Cl3N2O5S. The number of ether oxygens (including phenoxy) is 2. The van der Waals surface area contributed by atoms with E-state index >= 15 is 0 Å². The van der Waals surface area contributed by atoms with Gasteiger partial charge in [0.1, 0.15) is 17.2 Å². The van der Waals surface area contributed by atoms with Gasteiger partial charge in [0.15, 0.2) is 0 Å².